The molecule has 0 aliphatic heterocycles. The van der Waals surface area contributed by atoms with E-state index >= 15 is 0 Å². The molecule has 1 aromatic rings. The maximum Gasteiger partial charge on any atom is 0.158 e. The van der Waals surface area contributed by atoms with Gasteiger partial charge in [0, 0.05) is 0 Å². The molecule has 3 nitrogen and oxygen atoms in total. The van der Waals surface area contributed by atoms with Crippen molar-refractivity contribution >= 4 is 23.1 Å². The van der Waals surface area contributed by atoms with E-state index in [0.717, 1.165) is 0 Å². The van der Waals surface area contributed by atoms with Gasteiger partial charge in [-0.2, -0.15) is 4.99 Å². The van der Waals surface area contributed by atoms with Crippen molar-refractivity contribution in [1.29, 1.82) is 0 Å². The molecular weight excluding hydrogens is 186 g/mol. The van der Waals surface area contributed by atoms with E-state index < -0.39 is 0 Å². The number of hydrogen-bond donors (Lipinski definition) is 0. The number of para-hydroxylation sites is 1. The number of hydrogen-bond acceptors (Lipinski definition) is 4. The maximum atomic E-state index is 5.08. The van der Waals surface area contributed by atoms with Crippen LogP contribution in [0.5, 0.6) is 11.5 Å². The molecule has 0 unspecified atom stereocenters. The molecule has 0 saturated carbocycles. The zero-order chi connectivity index (χ0) is 9.68. The Bertz CT molecular complexity index is 323. The quantitative estimate of drug-likeness (QED) is 0.548. The number of isothiocyanates is 1. The van der Waals surface area contributed by atoms with Gasteiger partial charge >= 0.3 is 0 Å². The van der Waals surface area contributed by atoms with E-state index in [4.69, 9.17) is 9.47 Å². The topological polar surface area (TPSA) is 30.8 Å². The van der Waals surface area contributed by atoms with Crippen LogP contribution in [0.25, 0.3) is 0 Å². The van der Waals surface area contributed by atoms with Crippen LogP contribution in [-0.4, -0.2) is 19.4 Å². The Morgan fingerprint density at radius 3 is 2.15 bits per heavy atom. The van der Waals surface area contributed by atoms with Crippen LogP contribution in [0.1, 0.15) is 0 Å². The summed E-state index contributed by atoms with van der Waals surface area (Å²) in [7, 11) is 3.13. The van der Waals surface area contributed by atoms with E-state index in [-0.39, 0.29) is 0 Å². The normalized spacial score (nSPS) is 8.77. The zero-order valence-electron chi connectivity index (χ0n) is 7.40. The Morgan fingerprint density at radius 1 is 1.23 bits per heavy atom. The van der Waals surface area contributed by atoms with Gasteiger partial charge in [-0.05, 0) is 24.4 Å². The van der Waals surface area contributed by atoms with Crippen molar-refractivity contribution in [3.8, 4) is 11.5 Å². The molecule has 13 heavy (non-hydrogen) atoms. The number of rotatable bonds is 3. The number of benzene rings is 1. The fourth-order valence-corrected chi connectivity index (χ4v) is 1.08. The highest BCUT2D eigenvalue weighted by Gasteiger charge is 2.06. The number of nitrogens with zero attached hydrogens (tertiary/aromatic N) is 1. The lowest BCUT2D eigenvalue weighted by Gasteiger charge is -2.07. The molecule has 0 heterocycles. The minimum Gasteiger partial charge on any atom is -0.494 e. The van der Waals surface area contributed by atoms with Crippen molar-refractivity contribution in [2.75, 3.05) is 14.2 Å². The van der Waals surface area contributed by atoms with Crippen molar-refractivity contribution in [2.24, 2.45) is 4.99 Å². The Labute approximate surface area is 82.0 Å². The summed E-state index contributed by atoms with van der Waals surface area (Å²) in [6.45, 7) is 0. The first-order valence-electron chi connectivity index (χ1n) is 3.62. The van der Waals surface area contributed by atoms with Crippen LogP contribution < -0.4 is 9.47 Å². The summed E-state index contributed by atoms with van der Waals surface area (Å²) < 4.78 is 10.2. The molecule has 0 saturated heterocycles. The highest BCUT2D eigenvalue weighted by atomic mass is 32.1. The van der Waals surface area contributed by atoms with Crippen LogP contribution in [-0.2, 0) is 0 Å². The second kappa shape index (κ2) is 4.60. The molecule has 1 rings (SSSR count). The average Bonchev–Trinajstić information content (AvgIpc) is 2.18. The Hall–Kier alpha value is -1.38. The molecule has 0 fully saturated rings. The molecule has 0 bridgehead atoms. The van der Waals surface area contributed by atoms with Gasteiger partial charge in [-0.25, -0.2) is 0 Å². The molecule has 0 radical (unpaired) electrons. The summed E-state index contributed by atoms with van der Waals surface area (Å²) in [5.74, 6) is 1.24. The van der Waals surface area contributed by atoms with E-state index in [9.17, 15) is 0 Å². The van der Waals surface area contributed by atoms with Gasteiger partial charge in [0.25, 0.3) is 0 Å². The lowest BCUT2D eigenvalue weighted by Crippen LogP contribution is -1.87. The van der Waals surface area contributed by atoms with E-state index in [0.29, 0.717) is 17.2 Å². The van der Waals surface area contributed by atoms with Crippen molar-refractivity contribution in [3.63, 3.8) is 0 Å². The third kappa shape index (κ3) is 2.05. The fraction of sp³-hybridized carbons (Fsp3) is 0.222. The van der Waals surface area contributed by atoms with Crippen LogP contribution in [0.3, 0.4) is 0 Å². The smallest absolute Gasteiger partial charge is 0.158 e. The summed E-state index contributed by atoms with van der Waals surface area (Å²) in [6.07, 6.45) is 0. The average molecular weight is 195 g/mol. The molecule has 0 amide bonds. The number of ether oxygens (including phenoxy) is 2. The number of thiocarbonyl (C=S) groups is 1. The molecule has 0 spiro atoms. The highest BCUT2D eigenvalue weighted by molar-refractivity contribution is 7.78. The van der Waals surface area contributed by atoms with Crippen LogP contribution in [0.2, 0.25) is 0 Å². The van der Waals surface area contributed by atoms with E-state index in [1.165, 1.54) is 0 Å². The summed E-state index contributed by atoms with van der Waals surface area (Å²) >= 11 is 4.52. The third-order valence-corrected chi connectivity index (χ3v) is 1.65. The maximum absolute atomic E-state index is 5.08. The van der Waals surface area contributed by atoms with Crippen molar-refractivity contribution in [3.05, 3.63) is 18.2 Å². The lowest BCUT2D eigenvalue weighted by atomic mass is 10.3. The van der Waals surface area contributed by atoms with E-state index in [1.54, 1.807) is 26.4 Å². The molecule has 0 aliphatic carbocycles. The summed E-state index contributed by atoms with van der Waals surface area (Å²) in [4.78, 5) is 3.86. The van der Waals surface area contributed by atoms with Crippen LogP contribution >= 0.6 is 12.2 Å². The molecule has 0 N–H and O–H groups in total. The predicted octanol–water partition coefficient (Wildman–Crippen LogP) is 2.44. The monoisotopic (exact) mass is 195 g/mol. The zero-order valence-corrected chi connectivity index (χ0v) is 8.22. The van der Waals surface area contributed by atoms with Gasteiger partial charge in [-0.3, -0.25) is 0 Å². The molecule has 1 aromatic carbocycles. The molecule has 68 valence electrons. The summed E-state index contributed by atoms with van der Waals surface area (Å²) in [5.41, 5.74) is 0.572. The lowest BCUT2D eigenvalue weighted by molar-refractivity contribution is 0.397. The van der Waals surface area contributed by atoms with E-state index in [1.807, 2.05) is 6.07 Å². The molecule has 4 heteroatoms. The number of methoxy groups -OCH3 is 2. The summed E-state index contributed by atoms with van der Waals surface area (Å²) in [5, 5.41) is 2.28. The molecule has 0 aromatic heterocycles. The molecule has 0 aliphatic rings. The largest absolute Gasteiger partial charge is 0.494 e. The fourth-order valence-electron chi connectivity index (χ4n) is 0.987. The second-order valence-electron chi connectivity index (χ2n) is 2.21. The van der Waals surface area contributed by atoms with Gasteiger partial charge in [-0.15, -0.1) is 0 Å². The van der Waals surface area contributed by atoms with Crippen LogP contribution in [0.4, 0.5) is 5.69 Å². The Balaban J connectivity index is 3.28. The van der Waals surface area contributed by atoms with Gasteiger partial charge < -0.3 is 9.47 Å². The number of aliphatic imine (C=N–C) groups is 1. The van der Waals surface area contributed by atoms with Crippen molar-refractivity contribution in [2.45, 2.75) is 0 Å². The predicted molar refractivity (Wildman–Crippen MR) is 54.2 cm³/mol. The minimum absolute atomic E-state index is 0.572. The van der Waals surface area contributed by atoms with Crippen LogP contribution in [0, 0.1) is 0 Å². The van der Waals surface area contributed by atoms with Crippen molar-refractivity contribution < 1.29 is 9.47 Å². The summed E-state index contributed by atoms with van der Waals surface area (Å²) in [6, 6.07) is 5.39. The van der Waals surface area contributed by atoms with Gasteiger partial charge in [0.05, 0.1) is 19.4 Å². The first-order valence-corrected chi connectivity index (χ1v) is 4.03. The van der Waals surface area contributed by atoms with Gasteiger partial charge in [-0.1, -0.05) is 6.07 Å². The van der Waals surface area contributed by atoms with Gasteiger partial charge in [0.1, 0.15) is 11.5 Å². The highest BCUT2D eigenvalue weighted by Crippen LogP contribution is 2.36. The third-order valence-electron chi connectivity index (χ3n) is 1.56. The van der Waals surface area contributed by atoms with Gasteiger partial charge in [0.2, 0.25) is 0 Å². The minimum atomic E-state index is 0.572. The Kier molecular flexibility index (Phi) is 3.43. The van der Waals surface area contributed by atoms with Crippen molar-refractivity contribution in [1.82, 2.24) is 0 Å². The van der Waals surface area contributed by atoms with Crippen LogP contribution in [0.15, 0.2) is 23.2 Å². The molecule has 0 atom stereocenters. The molecular formula is C9H9NO2S. The van der Waals surface area contributed by atoms with Gasteiger partial charge in [0.15, 0.2) is 5.69 Å². The first-order chi connectivity index (χ1) is 6.33. The standard InChI is InChI=1S/C9H9NO2S/c1-11-7-4-3-5-8(12-2)9(7)10-6-13/h3-5H,1-2H3. The first kappa shape index (κ1) is 9.71. The SMILES string of the molecule is COc1cccc(OC)c1N=C=S. The Morgan fingerprint density at radius 2 is 1.77 bits per heavy atom. The van der Waals surface area contributed by atoms with E-state index in [2.05, 4.69) is 22.4 Å². The second-order valence-corrected chi connectivity index (χ2v) is 2.40.